The molecule has 1 saturated heterocycles. The maximum atomic E-state index is 14.6. The number of amides is 1. The zero-order valence-electron chi connectivity index (χ0n) is 17.7. The van der Waals surface area contributed by atoms with Gasteiger partial charge < -0.3 is 9.64 Å². The van der Waals surface area contributed by atoms with Crippen molar-refractivity contribution in [1.29, 1.82) is 0 Å². The first-order valence-electron chi connectivity index (χ1n) is 10.2. The van der Waals surface area contributed by atoms with Crippen molar-refractivity contribution in [2.75, 3.05) is 33.4 Å². The molecule has 0 unspecified atom stereocenters. The molecular weight excluding hydrogens is 421 g/mol. The van der Waals surface area contributed by atoms with Crippen molar-refractivity contribution >= 4 is 15.9 Å². The van der Waals surface area contributed by atoms with E-state index >= 15 is 0 Å². The van der Waals surface area contributed by atoms with Gasteiger partial charge in [-0.1, -0.05) is 30.3 Å². The second-order valence-corrected chi connectivity index (χ2v) is 9.62. The third-order valence-corrected chi connectivity index (χ3v) is 7.23. The molecule has 1 heterocycles. The molecule has 0 saturated carbocycles. The fourth-order valence-electron chi connectivity index (χ4n) is 3.66. The fourth-order valence-corrected chi connectivity index (χ4v) is 4.90. The maximum Gasteiger partial charge on any atom is 0.269 e. The van der Waals surface area contributed by atoms with E-state index in [0.717, 1.165) is 12.1 Å². The lowest BCUT2D eigenvalue weighted by molar-refractivity contribution is 0.0940. The van der Waals surface area contributed by atoms with E-state index in [1.54, 1.807) is 20.1 Å². The van der Waals surface area contributed by atoms with E-state index in [1.807, 2.05) is 30.3 Å². The molecule has 1 fully saturated rings. The number of carbonyl (C=O) groups is 1. The molecular formula is C22H28FN3O4S. The summed E-state index contributed by atoms with van der Waals surface area (Å²) in [5.74, 6) is -1.51. The summed E-state index contributed by atoms with van der Waals surface area (Å²) < 4.78 is 44.9. The van der Waals surface area contributed by atoms with Gasteiger partial charge in [-0.25, -0.2) is 12.8 Å². The molecule has 1 aliphatic rings. The van der Waals surface area contributed by atoms with Gasteiger partial charge in [-0.05, 0) is 61.7 Å². The summed E-state index contributed by atoms with van der Waals surface area (Å²) in [5, 5.41) is -0.617. The number of nitrogens with one attached hydrogen (secondary N) is 2. The molecule has 1 amide bonds. The largest absolute Gasteiger partial charge is 0.383 e. The number of rotatable bonds is 8. The van der Waals surface area contributed by atoms with Crippen LogP contribution in [0.1, 0.15) is 28.8 Å². The van der Waals surface area contributed by atoms with Gasteiger partial charge in [0.2, 0.25) is 10.0 Å². The molecule has 1 aliphatic heterocycles. The maximum absolute atomic E-state index is 14.6. The third kappa shape index (κ3) is 5.88. The third-order valence-electron chi connectivity index (χ3n) is 5.50. The number of methoxy groups -OCH3 is 1. The van der Waals surface area contributed by atoms with E-state index in [9.17, 15) is 17.6 Å². The number of hydrogen-bond acceptors (Lipinski definition) is 5. The molecule has 0 aromatic heterocycles. The number of likely N-dealkylation sites (tertiary alicyclic amines) is 1. The minimum Gasteiger partial charge on any atom is -0.383 e. The zero-order valence-corrected chi connectivity index (χ0v) is 18.5. The Kier molecular flexibility index (Phi) is 7.77. The van der Waals surface area contributed by atoms with E-state index < -0.39 is 27.0 Å². The summed E-state index contributed by atoms with van der Waals surface area (Å²) >= 11 is 0. The van der Waals surface area contributed by atoms with Gasteiger partial charge in [0.25, 0.3) is 5.91 Å². The topological polar surface area (TPSA) is 87.7 Å². The van der Waals surface area contributed by atoms with Gasteiger partial charge in [-0.2, -0.15) is 0 Å². The molecule has 0 spiro atoms. The highest BCUT2D eigenvalue weighted by atomic mass is 32.2. The predicted molar refractivity (Wildman–Crippen MR) is 117 cm³/mol. The number of benzene rings is 2. The first kappa shape index (κ1) is 23.3. The van der Waals surface area contributed by atoms with Gasteiger partial charge in [0.1, 0.15) is 5.82 Å². The molecule has 2 aromatic rings. The van der Waals surface area contributed by atoms with E-state index in [2.05, 4.69) is 15.2 Å². The summed E-state index contributed by atoms with van der Waals surface area (Å²) in [6.45, 7) is 4.19. The number of nitrogens with zero attached hydrogens (tertiary/aromatic N) is 1. The lowest BCUT2D eigenvalue weighted by atomic mass is 9.99. The number of halogens is 1. The van der Waals surface area contributed by atoms with Crippen molar-refractivity contribution in [3.8, 4) is 11.1 Å². The van der Waals surface area contributed by atoms with Gasteiger partial charge in [0.05, 0.1) is 17.4 Å². The molecule has 0 radical (unpaired) electrons. The van der Waals surface area contributed by atoms with E-state index in [1.165, 1.54) is 6.07 Å². The summed E-state index contributed by atoms with van der Waals surface area (Å²) in [4.78, 5) is 16.9. The Labute approximate surface area is 182 Å². The van der Waals surface area contributed by atoms with E-state index in [0.29, 0.717) is 43.7 Å². The summed E-state index contributed by atoms with van der Waals surface area (Å²) in [6.07, 6.45) is 0.901. The molecule has 0 atom stereocenters. The lowest BCUT2D eigenvalue weighted by Gasteiger charge is -2.31. The molecule has 2 N–H and O–H groups in total. The molecule has 2 aromatic carbocycles. The van der Waals surface area contributed by atoms with Crippen molar-refractivity contribution in [2.24, 2.45) is 0 Å². The summed E-state index contributed by atoms with van der Waals surface area (Å²) in [6, 6.07) is 12.4. The first-order valence-corrected chi connectivity index (χ1v) is 11.7. The van der Waals surface area contributed by atoms with Crippen LogP contribution in [-0.4, -0.2) is 57.8 Å². The second-order valence-electron chi connectivity index (χ2n) is 7.66. The Morgan fingerprint density at radius 1 is 1.16 bits per heavy atom. The van der Waals surface area contributed by atoms with Gasteiger partial charge in [0, 0.05) is 13.7 Å². The Morgan fingerprint density at radius 3 is 2.48 bits per heavy atom. The predicted octanol–water partition coefficient (Wildman–Crippen LogP) is 2.48. The van der Waals surface area contributed by atoms with Crippen LogP contribution < -0.4 is 10.3 Å². The SMILES string of the molecule is COCCN1CCC(S(=O)(=O)NNC(=O)c2cc(-c3ccccc3)cc(C)c2F)CC1. The average molecular weight is 450 g/mol. The highest BCUT2D eigenvalue weighted by Gasteiger charge is 2.30. The van der Waals surface area contributed by atoms with E-state index in [-0.39, 0.29) is 5.56 Å². The Hall–Kier alpha value is -2.33. The van der Waals surface area contributed by atoms with Crippen LogP contribution in [0.2, 0.25) is 0 Å². The van der Waals surface area contributed by atoms with Crippen molar-refractivity contribution in [1.82, 2.24) is 15.2 Å². The highest BCUT2D eigenvalue weighted by Crippen LogP contribution is 2.25. The molecule has 0 aliphatic carbocycles. The second kappa shape index (κ2) is 10.3. The van der Waals surface area contributed by atoms with Crippen molar-refractivity contribution in [3.05, 3.63) is 59.4 Å². The number of hydrazine groups is 1. The lowest BCUT2D eigenvalue weighted by Crippen LogP contribution is -2.49. The smallest absolute Gasteiger partial charge is 0.269 e. The highest BCUT2D eigenvalue weighted by molar-refractivity contribution is 7.90. The van der Waals surface area contributed by atoms with Crippen LogP contribution in [-0.2, 0) is 14.8 Å². The minimum absolute atomic E-state index is 0.212. The van der Waals surface area contributed by atoms with Crippen LogP contribution in [0, 0.1) is 12.7 Å². The molecule has 7 nitrogen and oxygen atoms in total. The van der Waals surface area contributed by atoms with Gasteiger partial charge in [-0.15, -0.1) is 4.83 Å². The number of aryl methyl sites for hydroxylation is 1. The molecule has 3 rings (SSSR count). The Bertz CT molecular complexity index is 1010. The number of ether oxygens (including phenoxy) is 1. The number of carbonyl (C=O) groups excluding carboxylic acids is 1. The number of piperidine rings is 1. The Morgan fingerprint density at radius 2 is 1.84 bits per heavy atom. The van der Waals surface area contributed by atoms with Crippen LogP contribution in [0.4, 0.5) is 4.39 Å². The molecule has 9 heteroatoms. The zero-order chi connectivity index (χ0) is 22.4. The van der Waals surface area contributed by atoms with Gasteiger partial charge >= 0.3 is 0 Å². The van der Waals surface area contributed by atoms with E-state index in [4.69, 9.17) is 4.74 Å². The normalized spacial score (nSPS) is 15.7. The number of hydrogen-bond donors (Lipinski definition) is 2. The minimum atomic E-state index is -3.78. The van der Waals surface area contributed by atoms with Gasteiger partial charge in [-0.3, -0.25) is 10.2 Å². The summed E-state index contributed by atoms with van der Waals surface area (Å²) in [5.41, 5.74) is 3.78. The molecule has 31 heavy (non-hydrogen) atoms. The standard InChI is InChI=1S/C22H28FN3O4S/c1-16-14-18(17-6-4-3-5-7-17)15-20(21(16)23)22(27)24-25-31(28,29)19-8-10-26(11-9-19)12-13-30-2/h3-7,14-15,19,25H,8-13H2,1-2H3,(H,24,27). The first-order chi connectivity index (χ1) is 14.8. The quantitative estimate of drug-likeness (QED) is 0.605. The number of sulfonamides is 1. The summed E-state index contributed by atoms with van der Waals surface area (Å²) in [7, 11) is -2.15. The van der Waals surface area contributed by atoms with Gasteiger partial charge in [0.15, 0.2) is 0 Å². The van der Waals surface area contributed by atoms with Crippen molar-refractivity contribution in [2.45, 2.75) is 25.0 Å². The molecule has 168 valence electrons. The van der Waals surface area contributed by atoms with Crippen LogP contribution in [0.15, 0.2) is 42.5 Å². The Balaban J connectivity index is 1.66. The molecule has 0 bridgehead atoms. The monoisotopic (exact) mass is 449 g/mol. The van der Waals surface area contributed by atoms with Crippen molar-refractivity contribution < 1.29 is 22.3 Å². The van der Waals surface area contributed by atoms with Crippen LogP contribution in [0.5, 0.6) is 0 Å². The van der Waals surface area contributed by atoms with Crippen LogP contribution in [0.25, 0.3) is 11.1 Å². The van der Waals surface area contributed by atoms with Crippen LogP contribution >= 0.6 is 0 Å². The van der Waals surface area contributed by atoms with Crippen molar-refractivity contribution in [3.63, 3.8) is 0 Å². The van der Waals surface area contributed by atoms with Crippen LogP contribution in [0.3, 0.4) is 0 Å². The average Bonchev–Trinajstić information content (AvgIpc) is 2.78. The fraction of sp³-hybridized carbons (Fsp3) is 0.409.